The molecule has 0 radical (unpaired) electrons. The van der Waals surface area contributed by atoms with Crippen LogP contribution in [0, 0.1) is 0 Å². The smallest absolute Gasteiger partial charge is 0.406 e. The molecule has 0 spiro atoms. The molecule has 0 aliphatic rings. The summed E-state index contributed by atoms with van der Waals surface area (Å²) >= 11 is 3.19. The van der Waals surface area contributed by atoms with E-state index in [2.05, 4.69) is 25.4 Å². The average Bonchev–Trinajstić information content (AvgIpc) is 2.40. The minimum Gasteiger partial charge on any atom is -0.406 e. The Bertz CT molecular complexity index is 761. The van der Waals surface area contributed by atoms with E-state index in [9.17, 15) is 21.6 Å². The first kappa shape index (κ1) is 16.6. The third-order valence-electron chi connectivity index (χ3n) is 2.49. The number of sulfonamides is 1. The highest BCUT2D eigenvalue weighted by Gasteiger charge is 2.31. The Kier molecular flexibility index (Phi) is 4.66. The van der Waals surface area contributed by atoms with E-state index in [0.29, 0.717) is 10.2 Å². The fourth-order valence-corrected chi connectivity index (χ4v) is 3.16. The van der Waals surface area contributed by atoms with Crippen LogP contribution in [0.3, 0.4) is 0 Å². The molecule has 22 heavy (non-hydrogen) atoms. The Morgan fingerprint density at radius 3 is 2.14 bits per heavy atom. The van der Waals surface area contributed by atoms with Gasteiger partial charge in [-0.25, -0.2) is 8.42 Å². The highest BCUT2D eigenvalue weighted by atomic mass is 79.9. The lowest BCUT2D eigenvalue weighted by Crippen LogP contribution is -2.17. The van der Waals surface area contributed by atoms with Crippen LogP contribution in [-0.4, -0.2) is 14.8 Å². The Balaban J connectivity index is 2.22. The second-order valence-corrected chi connectivity index (χ2v) is 6.64. The molecule has 0 aliphatic carbocycles. The molecular weight excluding hydrogens is 387 g/mol. The molecule has 4 nitrogen and oxygen atoms in total. The number of benzene rings is 2. The van der Waals surface area contributed by atoms with Gasteiger partial charge in [-0.2, -0.15) is 0 Å². The minimum atomic E-state index is -4.83. The molecule has 0 aromatic heterocycles. The molecule has 118 valence electrons. The largest absolute Gasteiger partial charge is 0.573 e. The van der Waals surface area contributed by atoms with Gasteiger partial charge in [0.2, 0.25) is 0 Å². The standard InChI is InChI=1S/C13H9BrF3NO3S/c14-11-3-1-2-4-12(11)18-22(19,20)10-7-5-9(6-8-10)21-13(15,16)17/h1-8,18H. The second kappa shape index (κ2) is 6.17. The van der Waals surface area contributed by atoms with Crippen molar-refractivity contribution in [3.8, 4) is 5.75 Å². The summed E-state index contributed by atoms with van der Waals surface area (Å²) in [5.74, 6) is -0.493. The molecule has 0 unspecified atom stereocenters. The first-order valence-electron chi connectivity index (χ1n) is 5.80. The maximum atomic E-state index is 12.2. The van der Waals surface area contributed by atoms with Crippen molar-refractivity contribution < 1.29 is 26.3 Å². The molecule has 0 atom stereocenters. The minimum absolute atomic E-state index is 0.183. The number of alkyl halides is 3. The molecule has 0 saturated heterocycles. The monoisotopic (exact) mass is 395 g/mol. The van der Waals surface area contributed by atoms with Gasteiger partial charge in [0.05, 0.1) is 10.6 Å². The summed E-state index contributed by atoms with van der Waals surface area (Å²) in [7, 11) is -3.91. The van der Waals surface area contributed by atoms with Crippen LogP contribution in [0.4, 0.5) is 18.9 Å². The van der Waals surface area contributed by atoms with Gasteiger partial charge in [0, 0.05) is 4.47 Å². The zero-order valence-corrected chi connectivity index (χ0v) is 13.2. The number of halogens is 4. The Labute approximate surface area is 133 Å². The summed E-state index contributed by atoms with van der Waals surface area (Å²) in [6, 6.07) is 10.5. The van der Waals surface area contributed by atoms with Gasteiger partial charge in [-0.05, 0) is 52.3 Å². The number of para-hydroxylation sites is 1. The summed E-state index contributed by atoms with van der Waals surface area (Å²) in [6.45, 7) is 0. The van der Waals surface area contributed by atoms with Gasteiger partial charge in [0.25, 0.3) is 10.0 Å². The predicted molar refractivity (Wildman–Crippen MR) is 78.1 cm³/mol. The molecule has 0 saturated carbocycles. The van der Waals surface area contributed by atoms with E-state index in [-0.39, 0.29) is 4.90 Å². The summed E-state index contributed by atoms with van der Waals surface area (Å²) in [6.07, 6.45) is -4.83. The maximum absolute atomic E-state index is 12.2. The lowest BCUT2D eigenvalue weighted by molar-refractivity contribution is -0.274. The quantitative estimate of drug-likeness (QED) is 0.845. The molecule has 0 aliphatic heterocycles. The van der Waals surface area contributed by atoms with Gasteiger partial charge in [-0.3, -0.25) is 4.72 Å². The van der Waals surface area contributed by atoms with Crippen molar-refractivity contribution >= 4 is 31.6 Å². The van der Waals surface area contributed by atoms with Crippen LogP contribution in [0.25, 0.3) is 0 Å². The number of nitrogens with one attached hydrogen (secondary N) is 1. The first-order valence-corrected chi connectivity index (χ1v) is 8.08. The van der Waals surface area contributed by atoms with Crippen molar-refractivity contribution in [3.63, 3.8) is 0 Å². The lowest BCUT2D eigenvalue weighted by atomic mass is 10.3. The van der Waals surface area contributed by atoms with Crippen molar-refractivity contribution in [1.82, 2.24) is 0 Å². The molecule has 0 heterocycles. The van der Waals surface area contributed by atoms with E-state index in [1.54, 1.807) is 24.3 Å². The van der Waals surface area contributed by atoms with Crippen molar-refractivity contribution in [2.24, 2.45) is 0 Å². The summed E-state index contributed by atoms with van der Waals surface area (Å²) in [5.41, 5.74) is 0.318. The van der Waals surface area contributed by atoms with Crippen LogP contribution in [0.2, 0.25) is 0 Å². The van der Waals surface area contributed by atoms with Crippen LogP contribution < -0.4 is 9.46 Å². The van der Waals surface area contributed by atoms with Gasteiger partial charge in [0.15, 0.2) is 0 Å². The van der Waals surface area contributed by atoms with Gasteiger partial charge in [-0.15, -0.1) is 13.2 Å². The fourth-order valence-electron chi connectivity index (χ4n) is 1.57. The zero-order chi connectivity index (χ0) is 16.4. The van der Waals surface area contributed by atoms with Crippen molar-refractivity contribution in [1.29, 1.82) is 0 Å². The SMILES string of the molecule is O=S(=O)(Nc1ccccc1Br)c1ccc(OC(F)(F)F)cc1. The highest BCUT2D eigenvalue weighted by molar-refractivity contribution is 9.10. The number of hydrogen-bond acceptors (Lipinski definition) is 3. The third kappa shape index (κ3) is 4.38. The van der Waals surface area contributed by atoms with E-state index in [4.69, 9.17) is 0 Å². The van der Waals surface area contributed by atoms with Crippen molar-refractivity contribution in [2.75, 3.05) is 4.72 Å². The van der Waals surface area contributed by atoms with Crippen LogP contribution >= 0.6 is 15.9 Å². The van der Waals surface area contributed by atoms with Gasteiger partial charge in [-0.1, -0.05) is 12.1 Å². The number of hydrogen-bond donors (Lipinski definition) is 1. The van der Waals surface area contributed by atoms with Gasteiger partial charge < -0.3 is 4.74 Å². The van der Waals surface area contributed by atoms with E-state index < -0.39 is 22.1 Å². The molecule has 2 aromatic carbocycles. The Hall–Kier alpha value is -1.74. The third-order valence-corrected chi connectivity index (χ3v) is 4.56. The molecule has 0 fully saturated rings. The topological polar surface area (TPSA) is 55.4 Å². The molecule has 2 rings (SSSR count). The van der Waals surface area contributed by atoms with Gasteiger partial charge >= 0.3 is 6.36 Å². The van der Waals surface area contributed by atoms with Crippen molar-refractivity contribution in [2.45, 2.75) is 11.3 Å². The van der Waals surface area contributed by atoms with Crippen LogP contribution in [0.5, 0.6) is 5.75 Å². The lowest BCUT2D eigenvalue weighted by Gasteiger charge is -2.11. The predicted octanol–water partition coefficient (Wildman–Crippen LogP) is 4.15. The van der Waals surface area contributed by atoms with E-state index in [1.165, 1.54) is 0 Å². The number of ether oxygens (including phenoxy) is 1. The summed E-state index contributed by atoms with van der Waals surface area (Å²) in [5, 5.41) is 0. The highest BCUT2D eigenvalue weighted by Crippen LogP contribution is 2.27. The Morgan fingerprint density at radius 2 is 1.59 bits per heavy atom. The first-order chi connectivity index (χ1) is 10.2. The number of anilines is 1. The fraction of sp³-hybridized carbons (Fsp3) is 0.0769. The Morgan fingerprint density at radius 1 is 1.00 bits per heavy atom. The maximum Gasteiger partial charge on any atom is 0.573 e. The van der Waals surface area contributed by atoms with E-state index in [0.717, 1.165) is 24.3 Å². The van der Waals surface area contributed by atoms with Crippen LogP contribution in [0.1, 0.15) is 0 Å². The average molecular weight is 396 g/mol. The second-order valence-electron chi connectivity index (χ2n) is 4.10. The molecule has 9 heteroatoms. The molecule has 1 N–H and O–H groups in total. The normalized spacial score (nSPS) is 12.0. The molecule has 0 bridgehead atoms. The van der Waals surface area contributed by atoms with Crippen LogP contribution in [-0.2, 0) is 10.0 Å². The summed E-state index contributed by atoms with van der Waals surface area (Å²) in [4.78, 5) is -0.183. The zero-order valence-electron chi connectivity index (χ0n) is 10.8. The van der Waals surface area contributed by atoms with Gasteiger partial charge in [0.1, 0.15) is 5.75 Å². The summed E-state index contributed by atoms with van der Waals surface area (Å²) < 4.78 is 67.0. The van der Waals surface area contributed by atoms with E-state index in [1.807, 2.05) is 0 Å². The van der Waals surface area contributed by atoms with Crippen molar-refractivity contribution in [3.05, 3.63) is 53.0 Å². The number of rotatable bonds is 4. The van der Waals surface area contributed by atoms with E-state index >= 15 is 0 Å². The molecular formula is C13H9BrF3NO3S. The van der Waals surface area contributed by atoms with Crippen LogP contribution in [0.15, 0.2) is 57.9 Å². The molecule has 2 aromatic rings. The molecule has 0 amide bonds.